The number of ketones is 3. The Balaban J connectivity index is 1.16. The summed E-state index contributed by atoms with van der Waals surface area (Å²) in [7, 11) is 0. The number of phenols is 2. The predicted molar refractivity (Wildman–Crippen MR) is 368 cm³/mol. The molecule has 3 heterocycles. The van der Waals surface area contributed by atoms with Crippen molar-refractivity contribution in [2.45, 2.75) is 83.2 Å². The van der Waals surface area contributed by atoms with Crippen LogP contribution >= 0.6 is 0 Å². The van der Waals surface area contributed by atoms with E-state index in [0.717, 1.165) is 0 Å². The van der Waals surface area contributed by atoms with Crippen molar-refractivity contribution >= 4 is 82.0 Å². The Morgan fingerprint density at radius 1 is 0.406 bits per heavy atom. The highest BCUT2D eigenvalue weighted by Gasteiger charge is 2.37. The molecule has 4 aliphatic rings. The number of hydrogen-bond acceptors (Lipinski definition) is 23. The van der Waals surface area contributed by atoms with Crippen LogP contribution in [0.5, 0.6) is 11.5 Å². The topological polar surface area (TPSA) is 423 Å². The van der Waals surface area contributed by atoms with Crippen molar-refractivity contribution in [2.75, 3.05) is 131 Å². The molecule has 12 bridgehead atoms. The average Bonchev–Trinajstić information content (AvgIpc) is 1.14. The lowest BCUT2D eigenvalue weighted by molar-refractivity contribution is -0.158. The van der Waals surface area contributed by atoms with Crippen molar-refractivity contribution in [3.05, 3.63) is 127 Å². The van der Waals surface area contributed by atoms with E-state index in [4.69, 9.17) is 4.74 Å². The maximum absolute atomic E-state index is 14.3. The van der Waals surface area contributed by atoms with Gasteiger partial charge >= 0.3 is 5.97 Å². The van der Waals surface area contributed by atoms with Crippen LogP contribution in [0.1, 0.15) is 160 Å². The number of fused-ring (bicyclic) bond motifs is 20. The number of rotatable bonds is 7. The molecule has 1 fully saturated rings. The van der Waals surface area contributed by atoms with Crippen molar-refractivity contribution in [2.24, 2.45) is 16.3 Å². The number of amides is 8. The van der Waals surface area contributed by atoms with Gasteiger partial charge in [-0.15, -0.1) is 9.81 Å². The first-order valence-electron chi connectivity index (χ1n) is 34.3. The molecule has 4 aromatic carbocycles. The molecule has 31 heteroatoms. The monoisotopic (exact) mass is 1400 g/mol. The zero-order valence-corrected chi connectivity index (χ0v) is 56.4. The number of nitroso groups, excluding NO2 is 2. The second kappa shape index (κ2) is 38.9. The van der Waals surface area contributed by atoms with Crippen LogP contribution in [-0.4, -0.2) is 237 Å². The number of nitrogens with zero attached hydrogens (tertiary/aromatic N) is 6. The second-order valence-corrected chi connectivity index (χ2v) is 25.2. The number of phenolic OH excluding ortho intramolecular Hbond substituents is 2. The highest BCUT2D eigenvalue weighted by atomic mass is 16.6. The molecule has 4 aromatic rings. The van der Waals surface area contributed by atoms with Gasteiger partial charge in [0.15, 0.2) is 17.3 Å². The second-order valence-electron chi connectivity index (χ2n) is 25.2. The van der Waals surface area contributed by atoms with Crippen molar-refractivity contribution in [3.8, 4) is 11.5 Å². The summed E-state index contributed by atoms with van der Waals surface area (Å²) in [5, 5.41) is 52.0. The molecule has 5 unspecified atom stereocenters. The fourth-order valence-corrected chi connectivity index (χ4v) is 12.4. The Morgan fingerprint density at radius 3 is 1.11 bits per heavy atom. The lowest BCUT2D eigenvalue weighted by Crippen LogP contribution is -2.43. The van der Waals surface area contributed by atoms with Crippen molar-refractivity contribution in [1.29, 1.82) is 0 Å². The van der Waals surface area contributed by atoms with Gasteiger partial charge in [-0.25, -0.2) is 0 Å². The fourth-order valence-electron chi connectivity index (χ4n) is 12.4. The smallest absolute Gasteiger partial charge is 0.316 e. The molecule has 5 atom stereocenters. The largest absolute Gasteiger partial charge is 0.506 e. The van der Waals surface area contributed by atoms with Gasteiger partial charge < -0.3 is 77.1 Å². The van der Waals surface area contributed by atoms with Crippen molar-refractivity contribution in [1.82, 2.24) is 62.1 Å². The zero-order valence-electron chi connectivity index (χ0n) is 56.4. The SMILES string of the molecule is O=Nc1c2cccc1C(=O)NCCCCN1CCNC(=O)c3cccc(c3O)C(=O)NCCN(CCC(CNC(=O)CC(=O)OC3C(=O)CCC3=O)CCC2=O)CCN2CCCCNC(=O)c3cccc(c3N=O)C(=O)NCCCCN(CCNC(=O)c3cccc(c3O)C(=O)NCC2)CC1. The molecule has 1 aliphatic carbocycles. The molecular weight excluding hydrogens is 1310 g/mol. The summed E-state index contributed by atoms with van der Waals surface area (Å²) in [4.78, 5) is 195. The summed E-state index contributed by atoms with van der Waals surface area (Å²) in [6, 6.07) is 17.1. The molecule has 0 radical (unpaired) electrons. The lowest BCUT2D eigenvalue weighted by Gasteiger charge is -2.29. The number of Topliss-reactive ketones (excluding diaryl/α,β-unsaturated/α-hetero) is 3. The van der Waals surface area contributed by atoms with Crippen LogP contribution in [0.3, 0.4) is 0 Å². The van der Waals surface area contributed by atoms with E-state index in [1.165, 1.54) is 72.8 Å². The van der Waals surface area contributed by atoms with Crippen LogP contribution in [0.25, 0.3) is 0 Å². The normalized spacial score (nSPS) is 22.0. The van der Waals surface area contributed by atoms with Gasteiger partial charge in [-0.3, -0.25) is 57.5 Å². The number of para-hydroxylation sites is 2. The third kappa shape index (κ3) is 22.4. The third-order valence-corrected chi connectivity index (χ3v) is 18.2. The van der Waals surface area contributed by atoms with Gasteiger partial charge in [0.25, 0.3) is 41.4 Å². The first kappa shape index (κ1) is 76.5. The predicted octanol–water partition coefficient (Wildman–Crippen LogP) is 3.01. The molecule has 540 valence electrons. The first-order valence-corrected chi connectivity index (χ1v) is 34.3. The number of carbonyl (C=O) groups excluding carboxylic acids is 12. The van der Waals surface area contributed by atoms with Crippen LogP contribution in [-0.2, 0) is 23.9 Å². The molecule has 101 heavy (non-hydrogen) atoms. The number of esters is 1. The van der Waals surface area contributed by atoms with Gasteiger partial charge in [0.2, 0.25) is 12.0 Å². The summed E-state index contributed by atoms with van der Waals surface area (Å²) in [5.41, 5.74) is -1.75. The van der Waals surface area contributed by atoms with E-state index >= 15 is 0 Å². The minimum Gasteiger partial charge on any atom is -0.506 e. The number of carbonyl (C=O) groups is 12. The van der Waals surface area contributed by atoms with E-state index in [-0.39, 0.29) is 186 Å². The highest BCUT2D eigenvalue weighted by molar-refractivity contribution is 6.13. The van der Waals surface area contributed by atoms with Gasteiger partial charge in [-0.2, -0.15) is 0 Å². The molecule has 8 rings (SSSR count). The van der Waals surface area contributed by atoms with Crippen molar-refractivity contribution in [3.63, 3.8) is 0 Å². The van der Waals surface area contributed by atoms with Gasteiger partial charge in [-0.1, -0.05) is 24.3 Å². The molecular formula is C70H88N14O17. The Morgan fingerprint density at radius 2 is 0.733 bits per heavy atom. The van der Waals surface area contributed by atoms with Gasteiger partial charge in [-0.05, 0) is 142 Å². The summed E-state index contributed by atoms with van der Waals surface area (Å²) in [6.45, 7) is 3.96. The average molecular weight is 1400 g/mol. The molecule has 1 saturated carbocycles. The summed E-state index contributed by atoms with van der Waals surface area (Å²) in [5.74, 6) is -9.84. The highest BCUT2D eigenvalue weighted by Crippen LogP contribution is 2.29. The first-order chi connectivity index (χ1) is 48.8. The maximum Gasteiger partial charge on any atom is 0.316 e. The summed E-state index contributed by atoms with van der Waals surface area (Å²) >= 11 is 0. The number of benzene rings is 4. The van der Waals surface area contributed by atoms with Gasteiger partial charge in [0.05, 0.1) is 38.9 Å². The van der Waals surface area contributed by atoms with Crippen molar-refractivity contribution < 1.29 is 72.5 Å². The number of nitrogens with one attached hydrogen (secondary N) is 8. The Kier molecular flexibility index (Phi) is 29.5. The van der Waals surface area contributed by atoms with E-state index in [0.29, 0.717) is 71.2 Å². The minimum atomic E-state index is -1.60. The molecule has 0 spiro atoms. The standard InChI is InChI=1S/C70H88N14O17/c85-54-20-19-45(44-78-57(88)43-58(89)101-63-55(86)21-22-56(63)87)23-34-84-38-30-77-70(98)53-18-10-17-52(62(53)91)68(96)75-27-35-81(31-4-1-24-71-64(92)47-12-7-11-46(54)59(47)79-99)39-40-82-32-5-2-25-72-65(93)48-13-8-14-49(60(48)80-100)66(94)73-26-3-6-33-83(41-42-84)37-29-76-69(97)51-16-9-15-50(61(51)90)67(95)74-28-36-82/h7-18,45,63,90-91H,1-6,19-44H2,(H,71,92)(H,72,93)(H,73,94)(H,74,95)(H,75,96)(H,76,97)(H,77,98)(H,78,88). The van der Waals surface area contributed by atoms with Gasteiger partial charge in [0, 0.05) is 130 Å². The lowest BCUT2D eigenvalue weighted by atomic mass is 9.94. The van der Waals surface area contributed by atoms with E-state index in [2.05, 4.69) is 62.7 Å². The molecule has 0 saturated heterocycles. The van der Waals surface area contributed by atoms with Gasteiger partial charge in [0.1, 0.15) is 29.3 Å². The van der Waals surface area contributed by atoms with Crippen LogP contribution in [0.15, 0.2) is 83.2 Å². The van der Waals surface area contributed by atoms with E-state index in [1.807, 2.05) is 9.80 Å². The molecule has 3 aliphatic heterocycles. The summed E-state index contributed by atoms with van der Waals surface area (Å²) in [6.07, 6.45) is 0.111. The summed E-state index contributed by atoms with van der Waals surface area (Å²) < 4.78 is 5.09. The van der Waals surface area contributed by atoms with E-state index in [1.54, 1.807) is 0 Å². The van der Waals surface area contributed by atoms with E-state index < -0.39 is 101 Å². The molecule has 8 amide bonds. The van der Waals surface area contributed by atoms with Crippen LogP contribution in [0.4, 0.5) is 11.4 Å². The minimum absolute atomic E-state index is 0.0201. The fraction of sp³-hybridized carbons (Fsp3) is 0.486. The number of ether oxygens (including phenoxy) is 1. The molecule has 31 nitrogen and oxygen atoms in total. The Labute approximate surface area is 583 Å². The number of aromatic hydroxyl groups is 2. The Bertz CT molecular complexity index is 3700. The van der Waals surface area contributed by atoms with E-state index in [9.17, 15) is 77.6 Å². The molecule has 0 aromatic heterocycles. The van der Waals surface area contributed by atoms with Crippen LogP contribution in [0.2, 0.25) is 0 Å². The number of hydrogen-bond donors (Lipinski definition) is 10. The quantitative estimate of drug-likeness (QED) is 0.0722. The zero-order chi connectivity index (χ0) is 72.2. The van der Waals surface area contributed by atoms with Crippen LogP contribution < -0.4 is 42.5 Å². The Hall–Kier alpha value is -10.2. The maximum atomic E-state index is 14.3. The van der Waals surface area contributed by atoms with Crippen LogP contribution in [0, 0.1) is 15.7 Å². The third-order valence-electron chi connectivity index (χ3n) is 18.2. The molecule has 10 N–H and O–H groups in total.